The maximum atomic E-state index is 10.8. The maximum absolute atomic E-state index is 10.8. The number of Topliss-reactive ketones (excluding diaryl/α,β-unsaturated/α-hetero) is 3. The molecule has 3 heteroatoms. The lowest BCUT2D eigenvalue weighted by Crippen LogP contribution is -2.14. The van der Waals surface area contributed by atoms with Crippen molar-refractivity contribution < 1.29 is 14.4 Å². The first-order valence-electron chi connectivity index (χ1n) is 3.63. The Morgan fingerprint density at radius 1 is 1.18 bits per heavy atom. The van der Waals surface area contributed by atoms with Crippen molar-refractivity contribution in [2.75, 3.05) is 0 Å². The van der Waals surface area contributed by atoms with E-state index in [4.69, 9.17) is 0 Å². The molecule has 0 bridgehead atoms. The van der Waals surface area contributed by atoms with Crippen LogP contribution in [0.4, 0.5) is 0 Å². The van der Waals surface area contributed by atoms with Gasteiger partial charge in [-0.15, -0.1) is 0 Å². The van der Waals surface area contributed by atoms with E-state index in [0.29, 0.717) is 6.42 Å². The molecule has 0 aliphatic heterocycles. The van der Waals surface area contributed by atoms with Crippen LogP contribution in [0, 0.1) is 0 Å². The van der Waals surface area contributed by atoms with E-state index in [2.05, 4.69) is 0 Å². The van der Waals surface area contributed by atoms with Gasteiger partial charge in [-0.1, -0.05) is 6.92 Å². The Kier molecular flexibility index (Phi) is 4.34. The molecule has 0 spiro atoms. The second-order valence-electron chi connectivity index (χ2n) is 2.44. The third-order valence-electron chi connectivity index (χ3n) is 1.28. The second-order valence-corrected chi connectivity index (χ2v) is 2.44. The molecule has 0 radical (unpaired) electrons. The standard InChI is InChI=1S/C8H12O3/c1-3-4-7(10)5-8(11)6(2)9/h3-5H2,1-2H3. The molecule has 0 aromatic rings. The quantitative estimate of drug-likeness (QED) is 0.439. The highest BCUT2D eigenvalue weighted by atomic mass is 16.2. The molecule has 0 fully saturated rings. The Bertz CT molecular complexity index is 182. The van der Waals surface area contributed by atoms with Crippen molar-refractivity contribution in [1.82, 2.24) is 0 Å². The van der Waals surface area contributed by atoms with E-state index >= 15 is 0 Å². The lowest BCUT2D eigenvalue weighted by atomic mass is 10.1. The van der Waals surface area contributed by atoms with Gasteiger partial charge in [-0.2, -0.15) is 0 Å². The third-order valence-corrected chi connectivity index (χ3v) is 1.28. The molecule has 62 valence electrons. The summed E-state index contributed by atoms with van der Waals surface area (Å²) in [6.45, 7) is 3.04. The summed E-state index contributed by atoms with van der Waals surface area (Å²) in [4.78, 5) is 31.8. The molecule has 0 aromatic carbocycles. The van der Waals surface area contributed by atoms with Crippen LogP contribution in [0.3, 0.4) is 0 Å². The van der Waals surface area contributed by atoms with Crippen molar-refractivity contribution in [2.45, 2.75) is 33.1 Å². The van der Waals surface area contributed by atoms with Gasteiger partial charge in [0.2, 0.25) is 5.78 Å². The summed E-state index contributed by atoms with van der Waals surface area (Å²) in [6, 6.07) is 0. The van der Waals surface area contributed by atoms with Crippen LogP contribution in [-0.4, -0.2) is 17.3 Å². The summed E-state index contributed by atoms with van der Waals surface area (Å²) in [5.74, 6) is -1.26. The fraction of sp³-hybridized carbons (Fsp3) is 0.625. The average Bonchev–Trinajstić information content (AvgIpc) is 1.87. The van der Waals surface area contributed by atoms with Crippen LogP contribution in [0.5, 0.6) is 0 Å². The Morgan fingerprint density at radius 2 is 1.73 bits per heavy atom. The molecule has 0 saturated heterocycles. The van der Waals surface area contributed by atoms with E-state index in [0.717, 1.165) is 6.42 Å². The topological polar surface area (TPSA) is 51.2 Å². The zero-order valence-electron chi connectivity index (χ0n) is 6.85. The van der Waals surface area contributed by atoms with Crippen LogP contribution >= 0.6 is 0 Å². The van der Waals surface area contributed by atoms with Gasteiger partial charge < -0.3 is 0 Å². The summed E-state index contributed by atoms with van der Waals surface area (Å²) in [5, 5.41) is 0. The Morgan fingerprint density at radius 3 is 2.09 bits per heavy atom. The van der Waals surface area contributed by atoms with Crippen molar-refractivity contribution in [3.05, 3.63) is 0 Å². The molecule has 0 amide bonds. The van der Waals surface area contributed by atoms with Crippen LogP contribution in [-0.2, 0) is 14.4 Å². The zero-order chi connectivity index (χ0) is 8.85. The van der Waals surface area contributed by atoms with E-state index in [1.165, 1.54) is 6.92 Å². The monoisotopic (exact) mass is 156 g/mol. The summed E-state index contributed by atoms with van der Waals surface area (Å²) >= 11 is 0. The zero-order valence-corrected chi connectivity index (χ0v) is 6.85. The Labute approximate surface area is 65.8 Å². The highest BCUT2D eigenvalue weighted by Gasteiger charge is 2.12. The lowest BCUT2D eigenvalue weighted by Gasteiger charge is -1.93. The number of hydrogen-bond acceptors (Lipinski definition) is 3. The van der Waals surface area contributed by atoms with Gasteiger partial charge in [0.15, 0.2) is 5.78 Å². The van der Waals surface area contributed by atoms with Crippen molar-refractivity contribution in [1.29, 1.82) is 0 Å². The van der Waals surface area contributed by atoms with E-state index < -0.39 is 11.6 Å². The molecular formula is C8H12O3. The van der Waals surface area contributed by atoms with Gasteiger partial charge in [0, 0.05) is 13.3 Å². The molecule has 3 nitrogen and oxygen atoms in total. The van der Waals surface area contributed by atoms with E-state index in [9.17, 15) is 14.4 Å². The molecule has 0 aliphatic rings. The predicted octanol–water partition coefficient (Wildman–Crippen LogP) is 0.904. The average molecular weight is 156 g/mol. The first kappa shape index (κ1) is 10.0. The molecule has 0 rings (SSSR count). The summed E-state index contributed by atoms with van der Waals surface area (Å²) in [6.07, 6.45) is 0.895. The highest BCUT2D eigenvalue weighted by Crippen LogP contribution is 1.95. The Balaban J connectivity index is 3.76. The van der Waals surface area contributed by atoms with E-state index in [1.807, 2.05) is 6.92 Å². The predicted molar refractivity (Wildman–Crippen MR) is 40.2 cm³/mol. The minimum absolute atomic E-state index is 0.146. The molecule has 0 aliphatic carbocycles. The molecule has 0 heterocycles. The first-order chi connectivity index (χ1) is 5.07. The largest absolute Gasteiger partial charge is 0.299 e. The van der Waals surface area contributed by atoms with Crippen molar-refractivity contribution in [2.24, 2.45) is 0 Å². The molecule has 0 unspecified atom stereocenters. The van der Waals surface area contributed by atoms with Crippen LogP contribution in [0.2, 0.25) is 0 Å². The minimum atomic E-state index is -0.580. The van der Waals surface area contributed by atoms with Crippen molar-refractivity contribution in [3.8, 4) is 0 Å². The highest BCUT2D eigenvalue weighted by molar-refractivity contribution is 6.39. The fourth-order valence-electron chi connectivity index (χ4n) is 0.671. The van der Waals surface area contributed by atoms with Gasteiger partial charge in [0.05, 0.1) is 6.42 Å². The van der Waals surface area contributed by atoms with Crippen LogP contribution in [0.1, 0.15) is 33.1 Å². The van der Waals surface area contributed by atoms with Crippen molar-refractivity contribution in [3.63, 3.8) is 0 Å². The van der Waals surface area contributed by atoms with Crippen LogP contribution in [0.25, 0.3) is 0 Å². The van der Waals surface area contributed by atoms with Gasteiger partial charge in [-0.3, -0.25) is 14.4 Å². The first-order valence-corrected chi connectivity index (χ1v) is 3.63. The molecule has 0 saturated carbocycles. The van der Waals surface area contributed by atoms with Crippen LogP contribution < -0.4 is 0 Å². The molecule has 0 N–H and O–H groups in total. The maximum Gasteiger partial charge on any atom is 0.205 e. The number of carbonyl (C=O) groups is 3. The molecule has 11 heavy (non-hydrogen) atoms. The number of carbonyl (C=O) groups excluding carboxylic acids is 3. The SMILES string of the molecule is CCCC(=O)CC(=O)C(C)=O. The summed E-state index contributed by atoms with van der Waals surface area (Å²) in [5.41, 5.74) is 0. The second kappa shape index (κ2) is 4.77. The minimum Gasteiger partial charge on any atom is -0.299 e. The summed E-state index contributed by atoms with van der Waals surface area (Å²) in [7, 11) is 0. The van der Waals surface area contributed by atoms with Gasteiger partial charge in [-0.25, -0.2) is 0 Å². The fourth-order valence-corrected chi connectivity index (χ4v) is 0.671. The summed E-state index contributed by atoms with van der Waals surface area (Å²) < 4.78 is 0. The van der Waals surface area contributed by atoms with Crippen LogP contribution in [0.15, 0.2) is 0 Å². The van der Waals surface area contributed by atoms with Gasteiger partial charge in [0.1, 0.15) is 5.78 Å². The molecule has 0 atom stereocenters. The number of hydrogen-bond donors (Lipinski definition) is 0. The van der Waals surface area contributed by atoms with E-state index in [1.54, 1.807) is 0 Å². The molecular weight excluding hydrogens is 144 g/mol. The smallest absolute Gasteiger partial charge is 0.205 e. The Hall–Kier alpha value is -0.990. The molecule has 0 aromatic heterocycles. The number of rotatable bonds is 5. The van der Waals surface area contributed by atoms with E-state index in [-0.39, 0.29) is 12.2 Å². The number of ketones is 3. The normalized spacial score (nSPS) is 9.27. The van der Waals surface area contributed by atoms with Gasteiger partial charge >= 0.3 is 0 Å². The third kappa shape index (κ3) is 4.42. The lowest BCUT2D eigenvalue weighted by molar-refractivity contribution is -0.137. The van der Waals surface area contributed by atoms with Gasteiger partial charge in [0.25, 0.3) is 0 Å². The van der Waals surface area contributed by atoms with Crippen molar-refractivity contribution >= 4 is 17.3 Å². The van der Waals surface area contributed by atoms with Gasteiger partial charge in [-0.05, 0) is 6.42 Å².